The van der Waals surface area contributed by atoms with Crippen LogP contribution in [-0.4, -0.2) is 12.8 Å². The quantitative estimate of drug-likeness (QED) is 0.649. The molecule has 0 fully saturated rings. The van der Waals surface area contributed by atoms with Crippen LogP contribution >= 0.6 is 11.6 Å². The molecule has 0 amide bonds. The minimum atomic E-state index is -0.266. The van der Waals surface area contributed by atoms with Gasteiger partial charge in [-0.3, -0.25) is 4.79 Å². The number of rotatable bonds is 5. The molecule has 0 spiro atoms. The summed E-state index contributed by atoms with van der Waals surface area (Å²) in [5.74, 6) is 0.162. The third-order valence-corrected chi connectivity index (χ3v) is 4.26. The molecule has 2 aromatic rings. The SMILES string of the molecule is CC(Cc1ccc(N)cc1)C(=O)OCc1cc(Cl)cc2c1OCOC2. The van der Waals surface area contributed by atoms with Crippen molar-refractivity contribution >= 4 is 23.3 Å². The fourth-order valence-electron chi connectivity index (χ4n) is 2.75. The van der Waals surface area contributed by atoms with Gasteiger partial charge in [0.15, 0.2) is 6.79 Å². The molecule has 0 aromatic heterocycles. The van der Waals surface area contributed by atoms with Gasteiger partial charge in [-0.1, -0.05) is 30.7 Å². The lowest BCUT2D eigenvalue weighted by Gasteiger charge is -2.21. The lowest BCUT2D eigenvalue weighted by molar-refractivity contribution is -0.149. The summed E-state index contributed by atoms with van der Waals surface area (Å²) in [6.07, 6.45) is 0.594. The highest BCUT2D eigenvalue weighted by Gasteiger charge is 2.20. The number of esters is 1. The summed E-state index contributed by atoms with van der Waals surface area (Å²) in [4.78, 5) is 12.3. The lowest BCUT2D eigenvalue weighted by Crippen LogP contribution is -2.18. The summed E-state index contributed by atoms with van der Waals surface area (Å²) >= 11 is 6.12. The van der Waals surface area contributed by atoms with Crippen molar-refractivity contribution in [3.63, 3.8) is 0 Å². The standard InChI is InChI=1S/C19H20ClNO4/c1-12(6-13-2-4-17(21)5-3-13)19(22)24-10-15-8-16(20)7-14-9-23-11-25-18(14)15/h2-5,7-8,12H,6,9-11,21H2,1H3. The Kier molecular flexibility index (Phi) is 5.46. The summed E-state index contributed by atoms with van der Waals surface area (Å²) < 4.78 is 16.2. The largest absolute Gasteiger partial charge is 0.467 e. The summed E-state index contributed by atoms with van der Waals surface area (Å²) in [6, 6.07) is 11.0. The van der Waals surface area contributed by atoms with Crippen LogP contribution in [0, 0.1) is 5.92 Å². The second-order valence-corrected chi connectivity index (χ2v) is 6.55. The van der Waals surface area contributed by atoms with Crippen LogP contribution in [0.15, 0.2) is 36.4 Å². The number of anilines is 1. The Morgan fingerprint density at radius 2 is 2.08 bits per heavy atom. The molecule has 1 atom stereocenters. The molecule has 5 nitrogen and oxygen atoms in total. The number of ether oxygens (including phenoxy) is 3. The van der Waals surface area contributed by atoms with Crippen molar-refractivity contribution in [2.45, 2.75) is 26.6 Å². The number of benzene rings is 2. The number of halogens is 1. The summed E-state index contributed by atoms with van der Waals surface area (Å²) in [7, 11) is 0. The summed E-state index contributed by atoms with van der Waals surface area (Å²) in [5.41, 5.74) is 9.03. The van der Waals surface area contributed by atoms with Crippen molar-refractivity contribution in [3.05, 3.63) is 58.1 Å². The van der Waals surface area contributed by atoms with Crippen LogP contribution in [0.2, 0.25) is 5.02 Å². The number of hydrogen-bond donors (Lipinski definition) is 1. The average molecular weight is 362 g/mol. The zero-order valence-corrected chi connectivity index (χ0v) is 14.7. The molecule has 0 radical (unpaired) electrons. The average Bonchev–Trinajstić information content (AvgIpc) is 2.61. The molecule has 0 bridgehead atoms. The van der Waals surface area contributed by atoms with E-state index in [0.29, 0.717) is 29.5 Å². The third kappa shape index (κ3) is 4.44. The van der Waals surface area contributed by atoms with Crippen LogP contribution in [0.5, 0.6) is 5.75 Å². The first-order valence-corrected chi connectivity index (χ1v) is 8.43. The molecular formula is C19H20ClNO4. The Bertz CT molecular complexity index is 761. The first-order chi connectivity index (χ1) is 12.0. The zero-order valence-electron chi connectivity index (χ0n) is 14.0. The molecular weight excluding hydrogens is 342 g/mol. The van der Waals surface area contributed by atoms with Crippen LogP contribution in [0.25, 0.3) is 0 Å². The van der Waals surface area contributed by atoms with E-state index in [1.807, 2.05) is 31.2 Å². The second kappa shape index (κ2) is 7.76. The zero-order chi connectivity index (χ0) is 17.8. The highest BCUT2D eigenvalue weighted by molar-refractivity contribution is 6.30. The molecule has 1 aliphatic heterocycles. The fourth-order valence-corrected chi connectivity index (χ4v) is 3.01. The topological polar surface area (TPSA) is 70.8 Å². The second-order valence-electron chi connectivity index (χ2n) is 6.12. The maximum Gasteiger partial charge on any atom is 0.309 e. The predicted octanol–water partition coefficient (Wildman–Crippen LogP) is 3.71. The van der Waals surface area contributed by atoms with E-state index < -0.39 is 0 Å². The van der Waals surface area contributed by atoms with Crippen molar-refractivity contribution in [1.29, 1.82) is 0 Å². The number of carbonyl (C=O) groups is 1. The van der Waals surface area contributed by atoms with E-state index in [9.17, 15) is 4.79 Å². The Morgan fingerprint density at radius 3 is 2.84 bits per heavy atom. The monoisotopic (exact) mass is 361 g/mol. The molecule has 1 unspecified atom stereocenters. The van der Waals surface area contributed by atoms with Gasteiger partial charge < -0.3 is 19.9 Å². The summed E-state index contributed by atoms with van der Waals surface area (Å²) in [5, 5.41) is 0.564. The summed E-state index contributed by atoms with van der Waals surface area (Å²) in [6.45, 7) is 2.58. The normalized spacial score (nSPS) is 14.3. The molecule has 0 saturated heterocycles. The molecule has 2 N–H and O–H groups in total. The van der Waals surface area contributed by atoms with Gasteiger partial charge >= 0.3 is 5.97 Å². The highest BCUT2D eigenvalue weighted by Crippen LogP contribution is 2.32. The predicted molar refractivity (Wildman–Crippen MR) is 95.3 cm³/mol. The Labute approximate surface area is 151 Å². The number of carbonyl (C=O) groups excluding carboxylic acids is 1. The van der Waals surface area contributed by atoms with E-state index in [1.54, 1.807) is 12.1 Å². The van der Waals surface area contributed by atoms with Gasteiger partial charge in [0.1, 0.15) is 12.4 Å². The van der Waals surface area contributed by atoms with Crippen LogP contribution in [0.1, 0.15) is 23.6 Å². The Hall–Kier alpha value is -2.24. The van der Waals surface area contributed by atoms with Crippen molar-refractivity contribution < 1.29 is 19.0 Å². The third-order valence-electron chi connectivity index (χ3n) is 4.05. The van der Waals surface area contributed by atoms with Gasteiger partial charge in [0.05, 0.1) is 12.5 Å². The van der Waals surface area contributed by atoms with Gasteiger partial charge in [-0.15, -0.1) is 0 Å². The maximum atomic E-state index is 12.3. The van der Waals surface area contributed by atoms with E-state index in [0.717, 1.165) is 16.7 Å². The van der Waals surface area contributed by atoms with Gasteiger partial charge in [-0.25, -0.2) is 0 Å². The van der Waals surface area contributed by atoms with E-state index in [2.05, 4.69) is 0 Å². The molecule has 3 rings (SSSR count). The first kappa shape index (κ1) is 17.6. The van der Waals surface area contributed by atoms with E-state index >= 15 is 0 Å². The number of nitrogens with two attached hydrogens (primary N) is 1. The van der Waals surface area contributed by atoms with Crippen LogP contribution in [0.4, 0.5) is 5.69 Å². The molecule has 25 heavy (non-hydrogen) atoms. The van der Waals surface area contributed by atoms with E-state index in [4.69, 9.17) is 31.5 Å². The molecule has 0 saturated carbocycles. The molecule has 0 aliphatic carbocycles. The van der Waals surface area contributed by atoms with Crippen molar-refractivity contribution in [1.82, 2.24) is 0 Å². The number of fused-ring (bicyclic) bond motifs is 1. The fraction of sp³-hybridized carbons (Fsp3) is 0.316. The van der Waals surface area contributed by atoms with Gasteiger partial charge in [0.2, 0.25) is 0 Å². The van der Waals surface area contributed by atoms with Gasteiger partial charge in [-0.05, 0) is 36.2 Å². The number of nitrogen functional groups attached to an aromatic ring is 1. The Morgan fingerprint density at radius 1 is 1.32 bits per heavy atom. The van der Waals surface area contributed by atoms with Crippen LogP contribution in [0.3, 0.4) is 0 Å². The molecule has 6 heteroatoms. The highest BCUT2D eigenvalue weighted by atomic mass is 35.5. The minimum Gasteiger partial charge on any atom is -0.467 e. The van der Waals surface area contributed by atoms with Gasteiger partial charge in [0, 0.05) is 21.8 Å². The van der Waals surface area contributed by atoms with Crippen molar-refractivity contribution in [2.75, 3.05) is 12.5 Å². The smallest absolute Gasteiger partial charge is 0.309 e. The minimum absolute atomic E-state index is 0.119. The molecule has 132 valence electrons. The lowest BCUT2D eigenvalue weighted by atomic mass is 10.0. The van der Waals surface area contributed by atoms with Crippen molar-refractivity contribution in [2.24, 2.45) is 5.92 Å². The molecule has 2 aromatic carbocycles. The van der Waals surface area contributed by atoms with Crippen LogP contribution in [-0.2, 0) is 33.9 Å². The molecule has 1 aliphatic rings. The van der Waals surface area contributed by atoms with Gasteiger partial charge in [-0.2, -0.15) is 0 Å². The first-order valence-electron chi connectivity index (χ1n) is 8.06. The van der Waals surface area contributed by atoms with Gasteiger partial charge in [0.25, 0.3) is 0 Å². The van der Waals surface area contributed by atoms with E-state index in [-0.39, 0.29) is 25.3 Å². The van der Waals surface area contributed by atoms with Crippen molar-refractivity contribution in [3.8, 4) is 5.75 Å². The van der Waals surface area contributed by atoms with E-state index in [1.165, 1.54) is 0 Å². The maximum absolute atomic E-state index is 12.3. The Balaban J connectivity index is 1.62. The van der Waals surface area contributed by atoms with Crippen LogP contribution < -0.4 is 10.5 Å². The number of hydrogen-bond acceptors (Lipinski definition) is 5. The molecule has 1 heterocycles.